The number of amides is 1. The van der Waals surface area contributed by atoms with E-state index in [2.05, 4.69) is 0 Å². The molecule has 1 aliphatic heterocycles. The van der Waals surface area contributed by atoms with Crippen molar-refractivity contribution in [1.82, 2.24) is 4.90 Å². The predicted molar refractivity (Wildman–Crippen MR) is 121 cm³/mol. The standard InChI is InChI=1S/C27H25NO4/c29-26-23-16-7-6-15-22(23)24(27(30)31)25(28(26)19-10-4-5-11-19)18-9-8-14-21(17-18)32-20-12-2-1-3-13-20/h1-3,6-9,12-17,19,24-25H,4-5,10-11H2,(H,30,31)/t24-,25-/m1/s1. The zero-order chi connectivity index (χ0) is 22.1. The second kappa shape index (κ2) is 8.50. The van der Waals surface area contributed by atoms with Crippen LogP contribution in [0, 0.1) is 0 Å². The number of hydrogen-bond donors (Lipinski definition) is 1. The van der Waals surface area contributed by atoms with Crippen molar-refractivity contribution in [3.8, 4) is 11.5 Å². The van der Waals surface area contributed by atoms with Crippen molar-refractivity contribution in [2.24, 2.45) is 0 Å². The molecule has 5 nitrogen and oxygen atoms in total. The summed E-state index contributed by atoms with van der Waals surface area (Å²) in [5.41, 5.74) is 1.86. The van der Waals surface area contributed by atoms with Crippen molar-refractivity contribution in [2.45, 2.75) is 43.7 Å². The zero-order valence-corrected chi connectivity index (χ0v) is 17.7. The number of carbonyl (C=O) groups is 2. The van der Waals surface area contributed by atoms with Gasteiger partial charge in [-0.1, -0.05) is 61.4 Å². The summed E-state index contributed by atoms with van der Waals surface area (Å²) in [6.45, 7) is 0. The van der Waals surface area contributed by atoms with E-state index in [0.717, 1.165) is 31.2 Å². The Bertz CT molecular complexity index is 1140. The van der Waals surface area contributed by atoms with Crippen LogP contribution in [0.15, 0.2) is 78.9 Å². The third-order valence-electron chi connectivity index (χ3n) is 6.54. The number of fused-ring (bicyclic) bond motifs is 1. The molecule has 5 rings (SSSR count). The van der Waals surface area contributed by atoms with Gasteiger partial charge >= 0.3 is 5.97 Å². The second-order valence-electron chi connectivity index (χ2n) is 8.49. The summed E-state index contributed by atoms with van der Waals surface area (Å²) >= 11 is 0. The molecule has 1 fully saturated rings. The largest absolute Gasteiger partial charge is 0.481 e. The molecule has 2 atom stereocenters. The predicted octanol–water partition coefficient (Wildman–Crippen LogP) is 5.79. The number of para-hydroxylation sites is 1. The van der Waals surface area contributed by atoms with Crippen LogP contribution in [0.4, 0.5) is 0 Å². The number of carboxylic acids is 1. The van der Waals surface area contributed by atoms with Gasteiger partial charge < -0.3 is 14.7 Å². The van der Waals surface area contributed by atoms with Gasteiger partial charge in [-0.3, -0.25) is 9.59 Å². The minimum Gasteiger partial charge on any atom is -0.481 e. The SMILES string of the molecule is O=C(O)[C@@H]1c2ccccc2C(=O)N(C2CCCC2)[C@@H]1c1cccc(Oc2ccccc2)c1. The Kier molecular flexibility index (Phi) is 5.39. The molecule has 1 aliphatic carbocycles. The fraction of sp³-hybridized carbons (Fsp3) is 0.259. The molecule has 1 saturated carbocycles. The fourth-order valence-corrected chi connectivity index (χ4v) is 5.14. The van der Waals surface area contributed by atoms with Crippen LogP contribution < -0.4 is 4.74 Å². The van der Waals surface area contributed by atoms with E-state index in [1.54, 1.807) is 24.3 Å². The summed E-state index contributed by atoms with van der Waals surface area (Å²) < 4.78 is 6.01. The van der Waals surface area contributed by atoms with Crippen molar-refractivity contribution in [3.63, 3.8) is 0 Å². The van der Waals surface area contributed by atoms with Crippen molar-refractivity contribution in [3.05, 3.63) is 95.6 Å². The molecular formula is C27H25NO4. The van der Waals surface area contributed by atoms with Gasteiger partial charge in [0.25, 0.3) is 5.91 Å². The highest BCUT2D eigenvalue weighted by Crippen LogP contribution is 2.46. The minimum atomic E-state index is -0.924. The van der Waals surface area contributed by atoms with Crippen molar-refractivity contribution >= 4 is 11.9 Å². The molecule has 1 amide bonds. The number of carboxylic acid groups (broad SMARTS) is 1. The smallest absolute Gasteiger partial charge is 0.313 e. The van der Waals surface area contributed by atoms with Crippen LogP contribution in [0.5, 0.6) is 11.5 Å². The number of carbonyl (C=O) groups excluding carboxylic acids is 1. The molecule has 3 aromatic rings. The lowest BCUT2D eigenvalue weighted by Gasteiger charge is -2.44. The lowest BCUT2D eigenvalue weighted by Crippen LogP contribution is -2.49. The maximum Gasteiger partial charge on any atom is 0.313 e. The van der Waals surface area contributed by atoms with Crippen LogP contribution in [-0.4, -0.2) is 27.9 Å². The highest BCUT2D eigenvalue weighted by molar-refractivity contribution is 6.00. The zero-order valence-electron chi connectivity index (χ0n) is 17.7. The van der Waals surface area contributed by atoms with Gasteiger partial charge in [-0.2, -0.15) is 0 Å². The molecule has 0 bridgehead atoms. The Morgan fingerprint density at radius 2 is 1.56 bits per heavy atom. The van der Waals surface area contributed by atoms with Crippen molar-refractivity contribution in [1.29, 1.82) is 0 Å². The first kappa shape index (κ1) is 20.3. The van der Waals surface area contributed by atoms with Gasteiger partial charge in [0.1, 0.15) is 17.4 Å². The third-order valence-corrected chi connectivity index (χ3v) is 6.54. The summed E-state index contributed by atoms with van der Waals surface area (Å²) in [6.07, 6.45) is 3.91. The Labute approximate surface area is 187 Å². The van der Waals surface area contributed by atoms with Crippen LogP contribution in [-0.2, 0) is 4.79 Å². The molecule has 1 N–H and O–H groups in total. The first-order valence-electron chi connectivity index (χ1n) is 11.1. The number of hydrogen-bond acceptors (Lipinski definition) is 3. The van der Waals surface area contributed by atoms with Gasteiger partial charge in [0.15, 0.2) is 0 Å². The van der Waals surface area contributed by atoms with Gasteiger partial charge in [0.05, 0.1) is 6.04 Å². The van der Waals surface area contributed by atoms with E-state index in [1.807, 2.05) is 59.5 Å². The highest BCUT2D eigenvalue weighted by Gasteiger charge is 2.47. The molecule has 1 heterocycles. The van der Waals surface area contributed by atoms with E-state index in [9.17, 15) is 14.7 Å². The Morgan fingerprint density at radius 3 is 2.31 bits per heavy atom. The van der Waals surface area contributed by atoms with Crippen molar-refractivity contribution < 1.29 is 19.4 Å². The third kappa shape index (κ3) is 3.64. The summed E-state index contributed by atoms with van der Waals surface area (Å²) in [5, 5.41) is 10.3. The Morgan fingerprint density at radius 1 is 0.875 bits per heavy atom. The average molecular weight is 428 g/mol. The van der Waals surface area contributed by atoms with Gasteiger partial charge in [-0.05, 0) is 54.3 Å². The molecule has 3 aromatic carbocycles. The summed E-state index contributed by atoms with van der Waals surface area (Å²) in [7, 11) is 0. The molecule has 5 heteroatoms. The maximum absolute atomic E-state index is 13.6. The summed E-state index contributed by atoms with van der Waals surface area (Å²) in [5.74, 6) is -0.513. The highest BCUT2D eigenvalue weighted by atomic mass is 16.5. The van der Waals surface area contributed by atoms with Crippen LogP contribution in [0.1, 0.15) is 59.1 Å². The molecule has 0 saturated heterocycles. The number of aliphatic carboxylic acids is 1. The van der Waals surface area contributed by atoms with E-state index >= 15 is 0 Å². The molecule has 0 spiro atoms. The quantitative estimate of drug-likeness (QED) is 0.560. The summed E-state index contributed by atoms with van der Waals surface area (Å²) in [6, 6.07) is 23.6. The number of ether oxygens (including phenoxy) is 1. The second-order valence-corrected chi connectivity index (χ2v) is 8.49. The average Bonchev–Trinajstić information content (AvgIpc) is 3.34. The Balaban J connectivity index is 1.61. The van der Waals surface area contributed by atoms with Crippen LogP contribution >= 0.6 is 0 Å². The maximum atomic E-state index is 13.6. The normalized spacial score (nSPS) is 20.8. The van der Waals surface area contributed by atoms with Gasteiger partial charge in [-0.15, -0.1) is 0 Å². The van der Waals surface area contributed by atoms with Crippen molar-refractivity contribution in [2.75, 3.05) is 0 Å². The van der Waals surface area contributed by atoms with Gasteiger partial charge in [0.2, 0.25) is 0 Å². The van der Waals surface area contributed by atoms with Gasteiger partial charge in [0, 0.05) is 11.6 Å². The number of benzene rings is 3. The molecule has 2 aliphatic rings. The molecule has 0 aromatic heterocycles. The van der Waals surface area contributed by atoms with E-state index in [-0.39, 0.29) is 11.9 Å². The molecule has 0 radical (unpaired) electrons. The molecular weight excluding hydrogens is 402 g/mol. The Hall–Kier alpha value is -3.60. The van der Waals surface area contributed by atoms with Crippen LogP contribution in [0.3, 0.4) is 0 Å². The number of rotatable bonds is 5. The topological polar surface area (TPSA) is 66.8 Å². The summed E-state index contributed by atoms with van der Waals surface area (Å²) in [4.78, 5) is 28.1. The van der Waals surface area contributed by atoms with E-state index in [4.69, 9.17) is 4.74 Å². The lowest BCUT2D eigenvalue weighted by molar-refractivity contribution is -0.140. The first-order chi connectivity index (χ1) is 15.6. The lowest BCUT2D eigenvalue weighted by atomic mass is 9.79. The van der Waals surface area contributed by atoms with Crippen LogP contribution in [0.25, 0.3) is 0 Å². The monoisotopic (exact) mass is 427 g/mol. The van der Waals surface area contributed by atoms with E-state index in [0.29, 0.717) is 22.6 Å². The minimum absolute atomic E-state index is 0.0430. The van der Waals surface area contributed by atoms with E-state index < -0.39 is 17.9 Å². The van der Waals surface area contributed by atoms with Crippen LogP contribution in [0.2, 0.25) is 0 Å². The molecule has 32 heavy (non-hydrogen) atoms. The molecule has 162 valence electrons. The van der Waals surface area contributed by atoms with Gasteiger partial charge in [-0.25, -0.2) is 0 Å². The first-order valence-corrected chi connectivity index (χ1v) is 11.1. The molecule has 0 unspecified atom stereocenters. The van der Waals surface area contributed by atoms with E-state index in [1.165, 1.54) is 0 Å². The fourth-order valence-electron chi connectivity index (χ4n) is 5.14. The number of nitrogens with zero attached hydrogens (tertiary/aromatic N) is 1.